The summed E-state index contributed by atoms with van der Waals surface area (Å²) in [5.41, 5.74) is 1.26. The molecule has 0 aliphatic rings. The van der Waals surface area contributed by atoms with Crippen LogP contribution in [0.1, 0.15) is 5.56 Å². The van der Waals surface area contributed by atoms with E-state index < -0.39 is 5.82 Å². The van der Waals surface area contributed by atoms with Gasteiger partial charge in [-0.25, -0.2) is 14.4 Å². The predicted molar refractivity (Wildman–Crippen MR) is 58.4 cm³/mol. The molecule has 5 heteroatoms. The van der Waals surface area contributed by atoms with Gasteiger partial charge in [-0.2, -0.15) is 0 Å². The number of rotatable bonds is 2. The van der Waals surface area contributed by atoms with E-state index in [1.54, 1.807) is 6.07 Å². The number of hydrogen-bond acceptors (Lipinski definition) is 3. The van der Waals surface area contributed by atoms with Gasteiger partial charge in [0, 0.05) is 23.5 Å². The van der Waals surface area contributed by atoms with Crippen molar-refractivity contribution in [3.05, 3.63) is 47.0 Å². The van der Waals surface area contributed by atoms with Crippen molar-refractivity contribution >= 4 is 11.6 Å². The molecule has 0 radical (unpaired) electrons. The van der Waals surface area contributed by atoms with Gasteiger partial charge in [0.25, 0.3) is 0 Å². The van der Waals surface area contributed by atoms with E-state index in [0.717, 1.165) is 0 Å². The van der Waals surface area contributed by atoms with Gasteiger partial charge in [-0.1, -0.05) is 11.6 Å². The van der Waals surface area contributed by atoms with Crippen LogP contribution in [0, 0.1) is 5.82 Å². The molecule has 82 valence electrons. The van der Waals surface area contributed by atoms with Crippen molar-refractivity contribution in [1.82, 2.24) is 9.97 Å². The maximum atomic E-state index is 12.9. The molecule has 0 amide bonds. The Labute approximate surface area is 96.6 Å². The first kappa shape index (κ1) is 11.0. The highest BCUT2D eigenvalue weighted by atomic mass is 35.5. The van der Waals surface area contributed by atoms with Crippen molar-refractivity contribution in [2.24, 2.45) is 0 Å². The minimum Gasteiger partial charge on any atom is -0.392 e. The zero-order valence-electron chi connectivity index (χ0n) is 8.19. The normalized spacial score (nSPS) is 10.4. The maximum absolute atomic E-state index is 12.9. The molecule has 0 aliphatic carbocycles. The van der Waals surface area contributed by atoms with Crippen molar-refractivity contribution < 1.29 is 9.50 Å². The molecule has 16 heavy (non-hydrogen) atoms. The minimum absolute atomic E-state index is 0.0346. The zero-order chi connectivity index (χ0) is 11.5. The molecule has 0 bridgehead atoms. The molecule has 1 N–H and O–H groups in total. The van der Waals surface area contributed by atoms with E-state index in [1.807, 2.05) is 0 Å². The fourth-order valence-corrected chi connectivity index (χ4v) is 1.40. The summed E-state index contributed by atoms with van der Waals surface area (Å²) in [5.74, 6) is -0.0310. The van der Waals surface area contributed by atoms with Gasteiger partial charge in [-0.3, -0.25) is 0 Å². The Morgan fingerprint density at radius 1 is 1.25 bits per heavy atom. The molecule has 0 atom stereocenters. The molecule has 0 fully saturated rings. The van der Waals surface area contributed by atoms with Crippen LogP contribution in [0.25, 0.3) is 11.4 Å². The predicted octanol–water partition coefficient (Wildman–Crippen LogP) is 2.43. The molecule has 0 spiro atoms. The van der Waals surface area contributed by atoms with Crippen LogP contribution < -0.4 is 0 Å². The highest BCUT2D eigenvalue weighted by Crippen LogP contribution is 2.21. The van der Waals surface area contributed by atoms with E-state index in [2.05, 4.69) is 9.97 Å². The lowest BCUT2D eigenvalue weighted by Gasteiger charge is -2.02. The molecule has 3 nitrogen and oxygen atoms in total. The molecule has 1 aromatic carbocycles. The van der Waals surface area contributed by atoms with Crippen LogP contribution in [-0.2, 0) is 6.61 Å². The largest absolute Gasteiger partial charge is 0.392 e. The smallest absolute Gasteiger partial charge is 0.159 e. The van der Waals surface area contributed by atoms with E-state index in [0.29, 0.717) is 17.0 Å². The lowest BCUT2D eigenvalue weighted by Crippen LogP contribution is -1.92. The zero-order valence-corrected chi connectivity index (χ0v) is 8.95. The van der Waals surface area contributed by atoms with Crippen LogP contribution in [0.4, 0.5) is 4.39 Å². The number of nitrogens with zero attached hydrogens (tertiary/aromatic N) is 2. The number of aliphatic hydroxyl groups excluding tert-OH is 1. The Hall–Kier alpha value is -1.52. The minimum atomic E-state index is -0.475. The van der Waals surface area contributed by atoms with Crippen molar-refractivity contribution in [3.63, 3.8) is 0 Å². The first-order valence-electron chi connectivity index (χ1n) is 4.58. The molecule has 1 heterocycles. The van der Waals surface area contributed by atoms with Crippen molar-refractivity contribution in [1.29, 1.82) is 0 Å². The van der Waals surface area contributed by atoms with Gasteiger partial charge in [0.2, 0.25) is 0 Å². The summed E-state index contributed by atoms with van der Waals surface area (Å²) in [7, 11) is 0. The van der Waals surface area contributed by atoms with Crippen molar-refractivity contribution in [2.45, 2.75) is 6.61 Å². The molecule has 2 aromatic rings. The third-order valence-electron chi connectivity index (χ3n) is 2.07. The fraction of sp³-hybridized carbons (Fsp3) is 0.0909. The van der Waals surface area contributed by atoms with Crippen LogP contribution >= 0.6 is 11.6 Å². The average molecular weight is 239 g/mol. The average Bonchev–Trinajstić information content (AvgIpc) is 2.33. The summed E-state index contributed by atoms with van der Waals surface area (Å²) < 4.78 is 12.9. The monoisotopic (exact) mass is 238 g/mol. The van der Waals surface area contributed by atoms with Crippen LogP contribution in [0.3, 0.4) is 0 Å². The Kier molecular flexibility index (Phi) is 3.12. The summed E-state index contributed by atoms with van der Waals surface area (Å²) >= 11 is 5.65. The van der Waals surface area contributed by atoms with E-state index in [-0.39, 0.29) is 11.6 Å². The lowest BCUT2D eigenvalue weighted by atomic mass is 10.2. The first-order valence-corrected chi connectivity index (χ1v) is 4.95. The second kappa shape index (κ2) is 4.55. The lowest BCUT2D eigenvalue weighted by molar-refractivity contribution is 0.281. The van der Waals surface area contributed by atoms with Gasteiger partial charge < -0.3 is 5.11 Å². The van der Waals surface area contributed by atoms with Crippen LogP contribution in [0.5, 0.6) is 0 Å². The van der Waals surface area contributed by atoms with Gasteiger partial charge >= 0.3 is 0 Å². The third kappa shape index (κ3) is 2.18. The quantitative estimate of drug-likeness (QED) is 0.874. The molecule has 0 saturated heterocycles. The molecule has 1 aromatic heterocycles. The Bertz CT molecular complexity index is 502. The first-order chi connectivity index (χ1) is 7.70. The second-order valence-corrected chi connectivity index (χ2v) is 3.61. The summed E-state index contributed by atoms with van der Waals surface area (Å²) in [6.45, 7) is -0.107. The standard InChI is InChI=1S/C11H8ClFN2O/c12-9-3-8(1-2-10(9)13)11-14-4-7(6-16)5-15-11/h1-5,16H,6H2. The number of hydrogen-bond donors (Lipinski definition) is 1. The SMILES string of the molecule is OCc1cnc(-c2ccc(F)c(Cl)c2)nc1. The summed E-state index contributed by atoms with van der Waals surface area (Å²) in [6, 6.07) is 4.28. The number of benzene rings is 1. The molecule has 0 unspecified atom stereocenters. The van der Waals surface area contributed by atoms with Gasteiger partial charge in [0.1, 0.15) is 5.82 Å². The topological polar surface area (TPSA) is 46.0 Å². The van der Waals surface area contributed by atoms with Gasteiger partial charge in [-0.15, -0.1) is 0 Å². The van der Waals surface area contributed by atoms with E-state index in [9.17, 15) is 4.39 Å². The summed E-state index contributed by atoms with van der Waals surface area (Å²) in [4.78, 5) is 8.08. The summed E-state index contributed by atoms with van der Waals surface area (Å²) in [6.07, 6.45) is 3.03. The van der Waals surface area contributed by atoms with Gasteiger partial charge in [0.15, 0.2) is 5.82 Å². The molecule has 0 saturated carbocycles. The van der Waals surface area contributed by atoms with Crippen molar-refractivity contribution in [3.8, 4) is 11.4 Å². The van der Waals surface area contributed by atoms with E-state index in [4.69, 9.17) is 16.7 Å². The van der Waals surface area contributed by atoms with Crippen molar-refractivity contribution in [2.75, 3.05) is 0 Å². The van der Waals surface area contributed by atoms with Crippen LogP contribution in [-0.4, -0.2) is 15.1 Å². The maximum Gasteiger partial charge on any atom is 0.159 e. The summed E-state index contributed by atoms with van der Waals surface area (Å²) in [5, 5.41) is 8.86. The fourth-order valence-electron chi connectivity index (χ4n) is 1.22. The molecular formula is C11H8ClFN2O. The van der Waals surface area contributed by atoms with Crippen LogP contribution in [0.15, 0.2) is 30.6 Å². The Balaban J connectivity index is 2.38. The second-order valence-electron chi connectivity index (χ2n) is 3.20. The highest BCUT2D eigenvalue weighted by Gasteiger charge is 2.05. The Morgan fingerprint density at radius 2 is 1.94 bits per heavy atom. The molecule has 2 rings (SSSR count). The number of halogens is 2. The molecule has 0 aliphatic heterocycles. The van der Waals surface area contributed by atoms with E-state index in [1.165, 1.54) is 24.5 Å². The number of aromatic nitrogens is 2. The van der Waals surface area contributed by atoms with Gasteiger partial charge in [-0.05, 0) is 18.2 Å². The molecular weight excluding hydrogens is 231 g/mol. The van der Waals surface area contributed by atoms with Crippen LogP contribution in [0.2, 0.25) is 5.02 Å². The van der Waals surface area contributed by atoms with Gasteiger partial charge in [0.05, 0.1) is 11.6 Å². The highest BCUT2D eigenvalue weighted by molar-refractivity contribution is 6.31. The number of aliphatic hydroxyl groups is 1. The van der Waals surface area contributed by atoms with E-state index >= 15 is 0 Å². The Morgan fingerprint density at radius 3 is 2.50 bits per heavy atom. The third-order valence-corrected chi connectivity index (χ3v) is 2.36.